The van der Waals surface area contributed by atoms with Crippen molar-refractivity contribution in [1.29, 1.82) is 0 Å². The molecule has 0 aromatic rings. The minimum absolute atomic E-state index is 0.0269. The highest BCUT2D eigenvalue weighted by Crippen LogP contribution is 2.40. The number of allylic oxidation sites excluding steroid dienone is 1. The third-order valence-corrected chi connectivity index (χ3v) is 5.16. The predicted octanol–water partition coefficient (Wildman–Crippen LogP) is 0.944. The fourth-order valence-corrected chi connectivity index (χ4v) is 3.61. The van der Waals surface area contributed by atoms with Crippen molar-refractivity contribution < 1.29 is 0 Å². The van der Waals surface area contributed by atoms with Gasteiger partial charge in [0, 0.05) is 29.6 Å². The van der Waals surface area contributed by atoms with Crippen molar-refractivity contribution in [2.24, 2.45) is 40.2 Å². The summed E-state index contributed by atoms with van der Waals surface area (Å²) in [5.74, 6) is 0.648. The largest absolute Gasteiger partial charge is 0.328 e. The van der Waals surface area contributed by atoms with Gasteiger partial charge in [-0.05, 0) is 32.1 Å². The molecule has 0 saturated heterocycles. The van der Waals surface area contributed by atoms with Gasteiger partial charge < -0.3 is 22.9 Å². The predicted molar refractivity (Wildman–Crippen MR) is 82.4 cm³/mol. The first-order valence-electron chi connectivity index (χ1n) is 7.45. The molecule has 1 rings (SSSR count). The van der Waals surface area contributed by atoms with E-state index in [9.17, 15) is 0 Å². The summed E-state index contributed by atoms with van der Waals surface area (Å²) < 4.78 is 0. The molecule has 1 fully saturated rings. The van der Waals surface area contributed by atoms with Gasteiger partial charge >= 0.3 is 0 Å². The monoisotopic (exact) mass is 268 g/mol. The molecule has 4 heteroatoms. The molecule has 4 nitrogen and oxygen atoms in total. The van der Waals surface area contributed by atoms with Crippen molar-refractivity contribution in [2.75, 3.05) is 0 Å². The van der Waals surface area contributed by atoms with Crippen molar-refractivity contribution >= 4 is 0 Å². The van der Waals surface area contributed by atoms with E-state index in [-0.39, 0.29) is 35.5 Å². The topological polar surface area (TPSA) is 104 Å². The zero-order chi connectivity index (χ0) is 14.8. The first-order valence-corrected chi connectivity index (χ1v) is 7.45. The van der Waals surface area contributed by atoms with Gasteiger partial charge in [-0.1, -0.05) is 32.4 Å². The van der Waals surface area contributed by atoms with Gasteiger partial charge in [-0.15, -0.1) is 0 Å². The van der Waals surface area contributed by atoms with Crippen LogP contribution in [-0.4, -0.2) is 24.2 Å². The van der Waals surface area contributed by atoms with Gasteiger partial charge in [0.25, 0.3) is 0 Å². The second-order valence-electron chi connectivity index (χ2n) is 6.42. The highest BCUT2D eigenvalue weighted by molar-refractivity contribution is 5.15. The van der Waals surface area contributed by atoms with Crippen molar-refractivity contribution in [2.45, 2.75) is 64.7 Å². The molecule has 112 valence electrons. The van der Waals surface area contributed by atoms with E-state index in [4.69, 9.17) is 22.9 Å². The molecule has 0 spiro atoms. The number of rotatable bonds is 3. The number of nitrogens with two attached hydrogens (primary N) is 4. The van der Waals surface area contributed by atoms with E-state index < -0.39 is 0 Å². The SMILES string of the molecule is C/C=C/C1(C)C(N)C(N)C(CC)CC([C@@H](C)N)C1N. The summed E-state index contributed by atoms with van der Waals surface area (Å²) in [5.41, 5.74) is 25.3. The van der Waals surface area contributed by atoms with Gasteiger partial charge in [0.1, 0.15) is 0 Å². The molecule has 19 heavy (non-hydrogen) atoms. The van der Waals surface area contributed by atoms with E-state index in [2.05, 4.69) is 19.9 Å². The van der Waals surface area contributed by atoms with Crippen LogP contribution < -0.4 is 22.9 Å². The van der Waals surface area contributed by atoms with Crippen molar-refractivity contribution in [3.63, 3.8) is 0 Å². The molecule has 0 aromatic heterocycles. The second kappa shape index (κ2) is 6.35. The summed E-state index contributed by atoms with van der Waals surface area (Å²) in [6.45, 7) is 8.32. The van der Waals surface area contributed by atoms with Crippen LogP contribution in [0.4, 0.5) is 0 Å². The molecule has 8 N–H and O–H groups in total. The average molecular weight is 268 g/mol. The van der Waals surface area contributed by atoms with Gasteiger partial charge in [-0.2, -0.15) is 0 Å². The lowest BCUT2D eigenvalue weighted by Gasteiger charge is -2.42. The zero-order valence-electron chi connectivity index (χ0n) is 12.8. The molecule has 0 heterocycles. The van der Waals surface area contributed by atoms with Crippen LogP contribution >= 0.6 is 0 Å². The highest BCUT2D eigenvalue weighted by Gasteiger charge is 2.48. The quantitative estimate of drug-likeness (QED) is 0.452. The van der Waals surface area contributed by atoms with Gasteiger partial charge in [0.05, 0.1) is 0 Å². The Morgan fingerprint density at radius 2 is 1.84 bits per heavy atom. The van der Waals surface area contributed by atoms with Crippen LogP contribution in [-0.2, 0) is 0 Å². The van der Waals surface area contributed by atoms with E-state index >= 15 is 0 Å². The normalized spacial score (nSPS) is 46.2. The van der Waals surface area contributed by atoms with E-state index in [0.29, 0.717) is 5.92 Å². The zero-order valence-corrected chi connectivity index (χ0v) is 12.8. The first-order chi connectivity index (χ1) is 8.79. The maximum atomic E-state index is 6.55. The smallest absolute Gasteiger partial charge is 0.0299 e. The molecule has 0 aliphatic heterocycles. The summed E-state index contributed by atoms with van der Waals surface area (Å²) in [6, 6.07) is -0.152. The van der Waals surface area contributed by atoms with Gasteiger partial charge in [-0.3, -0.25) is 0 Å². The van der Waals surface area contributed by atoms with Crippen LogP contribution in [0.1, 0.15) is 40.5 Å². The molecule has 1 saturated carbocycles. The Morgan fingerprint density at radius 3 is 2.26 bits per heavy atom. The van der Waals surface area contributed by atoms with Gasteiger partial charge in [0.15, 0.2) is 0 Å². The second-order valence-corrected chi connectivity index (χ2v) is 6.42. The molecular formula is C15H32N4. The minimum Gasteiger partial charge on any atom is -0.328 e. The maximum absolute atomic E-state index is 6.55. The van der Waals surface area contributed by atoms with E-state index in [1.165, 1.54) is 0 Å². The Labute approximate surface area is 118 Å². The third-order valence-electron chi connectivity index (χ3n) is 5.16. The highest BCUT2D eigenvalue weighted by atomic mass is 14.9. The molecule has 0 bridgehead atoms. The Balaban J connectivity index is 3.23. The lowest BCUT2D eigenvalue weighted by atomic mass is 9.70. The third kappa shape index (κ3) is 3.02. The van der Waals surface area contributed by atoms with Crippen LogP contribution in [0.2, 0.25) is 0 Å². The van der Waals surface area contributed by atoms with Crippen LogP contribution in [0.3, 0.4) is 0 Å². The summed E-state index contributed by atoms with van der Waals surface area (Å²) in [4.78, 5) is 0. The lowest BCUT2D eigenvalue weighted by molar-refractivity contribution is 0.202. The summed E-state index contributed by atoms with van der Waals surface area (Å²) in [6.07, 6.45) is 6.14. The standard InChI is InChI=1S/C15H32N4/c1-5-7-15(4)13(18)11(9(3)16)8-10(6-2)12(17)14(15)19/h5,7,9-14H,6,8,16-19H2,1-4H3/b7-5+/t9-,10?,11?,12?,13?,14?,15?/m1/s1. The van der Waals surface area contributed by atoms with E-state index in [1.807, 2.05) is 19.9 Å². The number of hydrogen-bond acceptors (Lipinski definition) is 4. The molecule has 0 amide bonds. The summed E-state index contributed by atoms with van der Waals surface area (Å²) >= 11 is 0. The Hall–Kier alpha value is -0.420. The van der Waals surface area contributed by atoms with Crippen LogP contribution in [0, 0.1) is 17.3 Å². The maximum Gasteiger partial charge on any atom is 0.0299 e. The molecule has 1 aliphatic carbocycles. The fraction of sp³-hybridized carbons (Fsp3) is 0.867. The van der Waals surface area contributed by atoms with Crippen molar-refractivity contribution in [3.05, 3.63) is 12.2 Å². The van der Waals surface area contributed by atoms with Crippen LogP contribution in [0.5, 0.6) is 0 Å². The van der Waals surface area contributed by atoms with Gasteiger partial charge in [-0.25, -0.2) is 0 Å². The molecular weight excluding hydrogens is 236 g/mol. The Morgan fingerprint density at radius 1 is 1.26 bits per heavy atom. The molecule has 6 unspecified atom stereocenters. The van der Waals surface area contributed by atoms with Crippen LogP contribution in [0.15, 0.2) is 12.2 Å². The Bertz CT molecular complexity index is 315. The van der Waals surface area contributed by atoms with Crippen molar-refractivity contribution in [1.82, 2.24) is 0 Å². The lowest BCUT2D eigenvalue weighted by Crippen LogP contribution is -2.59. The Kier molecular flexibility index (Phi) is 5.56. The average Bonchev–Trinajstić information content (AvgIpc) is 2.42. The minimum atomic E-state index is -0.295. The van der Waals surface area contributed by atoms with Crippen LogP contribution in [0.25, 0.3) is 0 Å². The summed E-state index contributed by atoms with van der Waals surface area (Å²) in [5, 5.41) is 0. The van der Waals surface area contributed by atoms with Crippen molar-refractivity contribution in [3.8, 4) is 0 Å². The number of hydrogen-bond donors (Lipinski definition) is 4. The fourth-order valence-electron chi connectivity index (χ4n) is 3.61. The van der Waals surface area contributed by atoms with E-state index in [0.717, 1.165) is 12.8 Å². The molecule has 7 atom stereocenters. The molecule has 0 radical (unpaired) electrons. The molecule has 1 aliphatic rings. The first kappa shape index (κ1) is 16.6. The summed E-state index contributed by atoms with van der Waals surface area (Å²) in [7, 11) is 0. The van der Waals surface area contributed by atoms with E-state index in [1.54, 1.807) is 0 Å². The van der Waals surface area contributed by atoms with Gasteiger partial charge in [0.2, 0.25) is 0 Å². The molecule has 0 aromatic carbocycles.